The van der Waals surface area contributed by atoms with Gasteiger partial charge in [0.25, 0.3) is 5.91 Å². The van der Waals surface area contributed by atoms with E-state index < -0.39 is 5.60 Å². The second-order valence-corrected chi connectivity index (χ2v) is 5.59. The largest absolute Gasteiger partial charge is 0.384 e. The van der Waals surface area contributed by atoms with Crippen LogP contribution in [0.15, 0.2) is 60.9 Å². The highest BCUT2D eigenvalue weighted by Gasteiger charge is 2.24. The predicted molar refractivity (Wildman–Crippen MR) is 87.5 cm³/mol. The molecule has 0 saturated heterocycles. The lowest BCUT2D eigenvalue weighted by Crippen LogP contribution is -2.38. The molecule has 3 aromatic rings. The first-order valence-corrected chi connectivity index (χ1v) is 7.46. The van der Waals surface area contributed by atoms with E-state index in [1.807, 2.05) is 30.3 Å². The Morgan fingerprint density at radius 1 is 1.17 bits per heavy atom. The SMILES string of the molecule is CC(O)(CNC(=O)c1ccccc1-n1cnnn1)c1ccccc1. The molecular weight excluding hydrogens is 306 g/mol. The fourth-order valence-corrected chi connectivity index (χ4v) is 2.38. The van der Waals surface area contributed by atoms with Crippen molar-refractivity contribution in [2.75, 3.05) is 6.54 Å². The summed E-state index contributed by atoms with van der Waals surface area (Å²) in [5, 5.41) is 24.3. The number of hydrogen-bond donors (Lipinski definition) is 2. The molecule has 1 heterocycles. The van der Waals surface area contributed by atoms with Gasteiger partial charge < -0.3 is 10.4 Å². The molecule has 2 N–H and O–H groups in total. The summed E-state index contributed by atoms with van der Waals surface area (Å²) < 4.78 is 1.42. The second kappa shape index (κ2) is 6.59. The lowest BCUT2D eigenvalue weighted by Gasteiger charge is -2.24. The second-order valence-electron chi connectivity index (χ2n) is 5.59. The number of carbonyl (C=O) groups excluding carboxylic acids is 1. The van der Waals surface area contributed by atoms with Crippen LogP contribution in [0.1, 0.15) is 22.8 Å². The van der Waals surface area contributed by atoms with Crippen LogP contribution in [-0.2, 0) is 5.60 Å². The summed E-state index contributed by atoms with van der Waals surface area (Å²) in [5.41, 5.74) is 0.563. The molecule has 7 heteroatoms. The van der Waals surface area contributed by atoms with E-state index in [9.17, 15) is 9.90 Å². The molecule has 0 radical (unpaired) electrons. The Kier molecular flexibility index (Phi) is 4.35. The normalized spacial score (nSPS) is 13.2. The van der Waals surface area contributed by atoms with Crippen molar-refractivity contribution in [3.63, 3.8) is 0 Å². The van der Waals surface area contributed by atoms with Crippen molar-refractivity contribution in [2.45, 2.75) is 12.5 Å². The number of aliphatic hydroxyl groups is 1. The van der Waals surface area contributed by atoms with Gasteiger partial charge in [-0.1, -0.05) is 42.5 Å². The average molecular weight is 323 g/mol. The molecule has 1 unspecified atom stereocenters. The molecule has 0 fully saturated rings. The number of aromatic nitrogens is 4. The van der Waals surface area contributed by atoms with Gasteiger partial charge >= 0.3 is 0 Å². The van der Waals surface area contributed by atoms with Crippen molar-refractivity contribution in [1.29, 1.82) is 0 Å². The van der Waals surface area contributed by atoms with Gasteiger partial charge in [0.2, 0.25) is 0 Å². The Balaban J connectivity index is 1.77. The molecule has 1 amide bonds. The fraction of sp³-hybridized carbons (Fsp3) is 0.176. The Morgan fingerprint density at radius 3 is 2.58 bits per heavy atom. The topological polar surface area (TPSA) is 92.9 Å². The van der Waals surface area contributed by atoms with Crippen LogP contribution in [0.25, 0.3) is 5.69 Å². The first-order chi connectivity index (χ1) is 11.6. The number of nitrogens with one attached hydrogen (secondary N) is 1. The molecule has 2 aromatic carbocycles. The van der Waals surface area contributed by atoms with Crippen LogP contribution in [0.2, 0.25) is 0 Å². The third kappa shape index (κ3) is 3.31. The van der Waals surface area contributed by atoms with Crippen LogP contribution in [-0.4, -0.2) is 37.8 Å². The van der Waals surface area contributed by atoms with E-state index in [-0.39, 0.29) is 12.5 Å². The molecule has 122 valence electrons. The highest BCUT2D eigenvalue weighted by Crippen LogP contribution is 2.19. The molecule has 0 bridgehead atoms. The minimum atomic E-state index is -1.17. The number of carbonyl (C=O) groups is 1. The van der Waals surface area contributed by atoms with Gasteiger partial charge in [0.1, 0.15) is 11.9 Å². The first-order valence-electron chi connectivity index (χ1n) is 7.46. The van der Waals surface area contributed by atoms with Crippen molar-refractivity contribution >= 4 is 5.91 Å². The maximum atomic E-state index is 12.5. The number of benzene rings is 2. The maximum absolute atomic E-state index is 12.5. The maximum Gasteiger partial charge on any atom is 0.253 e. The van der Waals surface area contributed by atoms with Crippen LogP contribution < -0.4 is 5.32 Å². The molecule has 1 aromatic heterocycles. The molecule has 0 aliphatic rings. The van der Waals surface area contributed by atoms with Crippen LogP contribution in [0.3, 0.4) is 0 Å². The number of tetrazole rings is 1. The van der Waals surface area contributed by atoms with Crippen LogP contribution >= 0.6 is 0 Å². The van der Waals surface area contributed by atoms with Gasteiger partial charge in [-0.3, -0.25) is 4.79 Å². The molecular formula is C17H17N5O2. The third-order valence-electron chi connectivity index (χ3n) is 3.73. The Labute approximate surface area is 138 Å². The summed E-state index contributed by atoms with van der Waals surface area (Å²) >= 11 is 0. The lowest BCUT2D eigenvalue weighted by atomic mass is 9.96. The lowest BCUT2D eigenvalue weighted by molar-refractivity contribution is 0.0526. The summed E-state index contributed by atoms with van der Waals surface area (Å²) in [7, 11) is 0. The Bertz CT molecular complexity index is 816. The van der Waals surface area contributed by atoms with Gasteiger partial charge in [-0.2, -0.15) is 4.68 Å². The summed E-state index contributed by atoms with van der Waals surface area (Å²) in [6.07, 6.45) is 1.42. The number of amides is 1. The minimum Gasteiger partial charge on any atom is -0.384 e. The smallest absolute Gasteiger partial charge is 0.253 e. The number of hydrogen-bond acceptors (Lipinski definition) is 5. The van der Waals surface area contributed by atoms with Crippen molar-refractivity contribution < 1.29 is 9.90 Å². The minimum absolute atomic E-state index is 0.0831. The zero-order valence-corrected chi connectivity index (χ0v) is 13.1. The predicted octanol–water partition coefficient (Wildman–Crippen LogP) is 1.30. The molecule has 7 nitrogen and oxygen atoms in total. The molecule has 1 atom stereocenters. The molecule has 0 spiro atoms. The molecule has 24 heavy (non-hydrogen) atoms. The number of rotatable bonds is 5. The molecule has 0 aliphatic heterocycles. The van der Waals surface area contributed by atoms with Gasteiger partial charge in [-0.15, -0.1) is 5.10 Å². The van der Waals surface area contributed by atoms with E-state index >= 15 is 0 Å². The monoisotopic (exact) mass is 323 g/mol. The Hall–Kier alpha value is -3.06. The summed E-state index contributed by atoms with van der Waals surface area (Å²) in [6, 6.07) is 16.2. The van der Waals surface area contributed by atoms with Crippen LogP contribution in [0.4, 0.5) is 0 Å². The van der Waals surface area contributed by atoms with Gasteiger partial charge in [0.15, 0.2) is 0 Å². The number of nitrogens with zero attached hydrogens (tertiary/aromatic N) is 4. The summed E-state index contributed by atoms with van der Waals surface area (Å²) in [5.74, 6) is -0.308. The highest BCUT2D eigenvalue weighted by molar-refractivity contribution is 5.97. The van der Waals surface area contributed by atoms with E-state index in [4.69, 9.17) is 0 Å². The van der Waals surface area contributed by atoms with Gasteiger partial charge in [0, 0.05) is 0 Å². The molecule has 0 aliphatic carbocycles. The standard InChI is InChI=1S/C17H17N5O2/c1-17(24,13-7-3-2-4-8-13)11-18-16(23)14-9-5-6-10-15(14)22-12-19-20-21-22/h2-10,12,24H,11H2,1H3,(H,18,23). The third-order valence-corrected chi connectivity index (χ3v) is 3.73. The first kappa shape index (κ1) is 15.8. The zero-order valence-electron chi connectivity index (χ0n) is 13.1. The van der Waals surface area contributed by atoms with Crippen LogP contribution in [0.5, 0.6) is 0 Å². The quantitative estimate of drug-likeness (QED) is 0.738. The van der Waals surface area contributed by atoms with Gasteiger partial charge in [0.05, 0.1) is 17.8 Å². The van der Waals surface area contributed by atoms with Crippen molar-refractivity contribution in [3.05, 3.63) is 72.1 Å². The molecule has 3 rings (SSSR count). The van der Waals surface area contributed by atoms with E-state index in [1.54, 1.807) is 31.2 Å². The van der Waals surface area contributed by atoms with E-state index in [0.717, 1.165) is 5.56 Å². The zero-order chi connectivity index (χ0) is 17.0. The van der Waals surface area contributed by atoms with Crippen LogP contribution in [0, 0.1) is 0 Å². The van der Waals surface area contributed by atoms with Gasteiger partial charge in [-0.05, 0) is 35.0 Å². The fourth-order valence-electron chi connectivity index (χ4n) is 2.38. The van der Waals surface area contributed by atoms with Gasteiger partial charge in [-0.25, -0.2) is 0 Å². The van der Waals surface area contributed by atoms with E-state index in [1.165, 1.54) is 11.0 Å². The van der Waals surface area contributed by atoms with E-state index in [0.29, 0.717) is 11.3 Å². The van der Waals surface area contributed by atoms with Crippen molar-refractivity contribution in [3.8, 4) is 5.69 Å². The Morgan fingerprint density at radius 2 is 1.88 bits per heavy atom. The molecule has 0 saturated carbocycles. The summed E-state index contributed by atoms with van der Waals surface area (Å²) in [4.78, 5) is 12.5. The van der Waals surface area contributed by atoms with Crippen molar-refractivity contribution in [1.82, 2.24) is 25.5 Å². The average Bonchev–Trinajstić information content (AvgIpc) is 3.15. The highest BCUT2D eigenvalue weighted by atomic mass is 16.3. The summed E-state index contributed by atoms with van der Waals surface area (Å²) in [6.45, 7) is 1.75. The van der Waals surface area contributed by atoms with Crippen molar-refractivity contribution in [2.24, 2.45) is 0 Å². The van der Waals surface area contributed by atoms with E-state index in [2.05, 4.69) is 20.8 Å². The number of para-hydroxylation sites is 1.